The molecule has 5 heteroatoms. The van der Waals surface area contributed by atoms with E-state index in [0.717, 1.165) is 18.8 Å². The lowest BCUT2D eigenvalue weighted by molar-refractivity contribution is -0.147. The minimum atomic E-state index is -1.18. The first kappa shape index (κ1) is 15.8. The van der Waals surface area contributed by atoms with Crippen molar-refractivity contribution in [2.75, 3.05) is 13.1 Å². The Hall–Kier alpha value is -1.26. The van der Waals surface area contributed by atoms with E-state index in [0.29, 0.717) is 19.0 Å². The predicted octanol–water partition coefficient (Wildman–Crippen LogP) is 2.32. The van der Waals surface area contributed by atoms with Crippen LogP contribution in [0.3, 0.4) is 0 Å². The van der Waals surface area contributed by atoms with Gasteiger partial charge in [0.2, 0.25) is 0 Å². The smallest absolute Gasteiger partial charge is 0.329 e. The van der Waals surface area contributed by atoms with Crippen molar-refractivity contribution in [3.8, 4) is 0 Å². The summed E-state index contributed by atoms with van der Waals surface area (Å²) < 4.78 is 0. The second-order valence-electron chi connectivity index (χ2n) is 6.08. The number of carboxylic acid groups (broad SMARTS) is 1. The maximum Gasteiger partial charge on any atom is 0.329 e. The standard InChI is InChI=1S/C14H26N2O3/c1-5-16(14(3,4)12(17)18)13(19)15-9-11-7-6-10(2)8-11/h10-11H,5-9H2,1-4H3,(H,15,19)(H,17,18). The van der Waals surface area contributed by atoms with Crippen LogP contribution in [0, 0.1) is 11.8 Å². The molecular formula is C14H26N2O3. The molecule has 0 spiro atoms. The van der Waals surface area contributed by atoms with E-state index in [1.54, 1.807) is 20.8 Å². The van der Waals surface area contributed by atoms with Crippen LogP contribution < -0.4 is 5.32 Å². The van der Waals surface area contributed by atoms with Crippen LogP contribution in [-0.4, -0.2) is 40.6 Å². The number of amides is 2. The van der Waals surface area contributed by atoms with Crippen LogP contribution >= 0.6 is 0 Å². The highest BCUT2D eigenvalue weighted by atomic mass is 16.4. The van der Waals surface area contributed by atoms with Crippen molar-refractivity contribution in [2.24, 2.45) is 11.8 Å². The van der Waals surface area contributed by atoms with Gasteiger partial charge in [-0.2, -0.15) is 0 Å². The summed E-state index contributed by atoms with van der Waals surface area (Å²) in [4.78, 5) is 24.7. The first-order valence-corrected chi connectivity index (χ1v) is 7.07. The molecule has 1 fully saturated rings. The van der Waals surface area contributed by atoms with Crippen LogP contribution in [-0.2, 0) is 4.79 Å². The predicted molar refractivity (Wildman–Crippen MR) is 74.0 cm³/mol. The third-order valence-electron chi connectivity index (χ3n) is 4.10. The van der Waals surface area contributed by atoms with Gasteiger partial charge >= 0.3 is 12.0 Å². The summed E-state index contributed by atoms with van der Waals surface area (Å²) >= 11 is 0. The van der Waals surface area contributed by atoms with Gasteiger partial charge in [-0.3, -0.25) is 0 Å². The highest BCUT2D eigenvalue weighted by Crippen LogP contribution is 2.29. The number of nitrogens with one attached hydrogen (secondary N) is 1. The fourth-order valence-electron chi connectivity index (χ4n) is 2.75. The van der Waals surface area contributed by atoms with Crippen LogP contribution in [0.25, 0.3) is 0 Å². The minimum Gasteiger partial charge on any atom is -0.480 e. The summed E-state index contributed by atoms with van der Waals surface area (Å²) in [6.07, 6.45) is 3.52. The van der Waals surface area contributed by atoms with Crippen molar-refractivity contribution in [1.82, 2.24) is 10.2 Å². The van der Waals surface area contributed by atoms with E-state index >= 15 is 0 Å². The van der Waals surface area contributed by atoms with E-state index in [-0.39, 0.29) is 6.03 Å². The molecule has 2 unspecified atom stereocenters. The van der Waals surface area contributed by atoms with E-state index in [1.165, 1.54) is 11.3 Å². The lowest BCUT2D eigenvalue weighted by atomic mass is 10.0. The van der Waals surface area contributed by atoms with Gasteiger partial charge in [0.1, 0.15) is 5.54 Å². The zero-order chi connectivity index (χ0) is 14.6. The second-order valence-corrected chi connectivity index (χ2v) is 6.08. The fraction of sp³-hybridized carbons (Fsp3) is 0.857. The fourth-order valence-corrected chi connectivity index (χ4v) is 2.75. The molecule has 5 nitrogen and oxygen atoms in total. The third kappa shape index (κ3) is 3.85. The molecule has 19 heavy (non-hydrogen) atoms. The molecule has 0 heterocycles. The van der Waals surface area contributed by atoms with Gasteiger partial charge in [-0.1, -0.05) is 13.3 Å². The molecule has 0 radical (unpaired) electrons. The molecule has 1 rings (SSSR count). The number of rotatable bonds is 5. The van der Waals surface area contributed by atoms with Gasteiger partial charge in [0.15, 0.2) is 0 Å². The Bertz CT molecular complexity index is 342. The van der Waals surface area contributed by atoms with Gasteiger partial charge in [0.25, 0.3) is 0 Å². The van der Waals surface area contributed by atoms with Crippen molar-refractivity contribution >= 4 is 12.0 Å². The quantitative estimate of drug-likeness (QED) is 0.805. The number of nitrogens with zero attached hydrogens (tertiary/aromatic N) is 1. The Morgan fingerprint density at radius 2 is 2.00 bits per heavy atom. The SMILES string of the molecule is CCN(C(=O)NCC1CCC(C)C1)C(C)(C)C(=O)O. The van der Waals surface area contributed by atoms with E-state index in [2.05, 4.69) is 12.2 Å². The Morgan fingerprint density at radius 1 is 1.37 bits per heavy atom. The number of likely N-dealkylation sites (N-methyl/N-ethyl adjacent to an activating group) is 1. The summed E-state index contributed by atoms with van der Waals surface area (Å²) in [7, 11) is 0. The monoisotopic (exact) mass is 270 g/mol. The summed E-state index contributed by atoms with van der Waals surface area (Å²) in [5.41, 5.74) is -1.18. The highest BCUT2D eigenvalue weighted by Gasteiger charge is 2.37. The van der Waals surface area contributed by atoms with E-state index in [4.69, 9.17) is 0 Å². The molecule has 1 aliphatic carbocycles. The number of carboxylic acids is 1. The zero-order valence-corrected chi connectivity index (χ0v) is 12.4. The molecule has 0 aromatic carbocycles. The van der Waals surface area contributed by atoms with Crippen molar-refractivity contribution < 1.29 is 14.7 Å². The lowest BCUT2D eigenvalue weighted by Crippen LogP contribution is -2.56. The van der Waals surface area contributed by atoms with Gasteiger partial charge in [-0.05, 0) is 45.4 Å². The lowest BCUT2D eigenvalue weighted by Gasteiger charge is -2.34. The third-order valence-corrected chi connectivity index (χ3v) is 4.10. The Morgan fingerprint density at radius 3 is 2.42 bits per heavy atom. The first-order chi connectivity index (χ1) is 8.78. The Labute approximate surface area is 115 Å². The van der Waals surface area contributed by atoms with Gasteiger partial charge in [0, 0.05) is 13.1 Å². The Balaban J connectivity index is 2.53. The van der Waals surface area contributed by atoms with Crippen molar-refractivity contribution in [2.45, 2.75) is 52.5 Å². The molecule has 0 aliphatic heterocycles. The summed E-state index contributed by atoms with van der Waals surface area (Å²) in [5, 5.41) is 12.1. The summed E-state index contributed by atoms with van der Waals surface area (Å²) in [6, 6.07) is -0.283. The second kappa shape index (κ2) is 6.26. The summed E-state index contributed by atoms with van der Waals surface area (Å²) in [6.45, 7) is 8.16. The highest BCUT2D eigenvalue weighted by molar-refractivity contribution is 5.85. The molecule has 2 atom stereocenters. The molecule has 2 N–H and O–H groups in total. The first-order valence-electron chi connectivity index (χ1n) is 7.07. The number of hydrogen-bond donors (Lipinski definition) is 2. The largest absolute Gasteiger partial charge is 0.480 e. The van der Waals surface area contributed by atoms with Gasteiger partial charge in [-0.15, -0.1) is 0 Å². The van der Waals surface area contributed by atoms with Crippen molar-refractivity contribution in [3.05, 3.63) is 0 Å². The molecule has 0 saturated heterocycles. The number of urea groups is 1. The summed E-state index contributed by atoms with van der Waals surface area (Å²) in [5.74, 6) is 0.282. The van der Waals surface area contributed by atoms with Crippen LogP contribution in [0.4, 0.5) is 4.79 Å². The van der Waals surface area contributed by atoms with Crippen LogP contribution in [0.2, 0.25) is 0 Å². The van der Waals surface area contributed by atoms with E-state index < -0.39 is 11.5 Å². The maximum atomic E-state index is 12.1. The van der Waals surface area contributed by atoms with Crippen LogP contribution in [0.15, 0.2) is 0 Å². The van der Waals surface area contributed by atoms with Crippen LogP contribution in [0.1, 0.15) is 47.0 Å². The zero-order valence-electron chi connectivity index (χ0n) is 12.4. The normalized spacial score (nSPS) is 23.2. The van der Waals surface area contributed by atoms with Gasteiger partial charge in [0.05, 0.1) is 0 Å². The van der Waals surface area contributed by atoms with Crippen LogP contribution in [0.5, 0.6) is 0 Å². The van der Waals surface area contributed by atoms with Gasteiger partial charge in [-0.25, -0.2) is 9.59 Å². The van der Waals surface area contributed by atoms with Gasteiger partial charge < -0.3 is 15.3 Å². The van der Waals surface area contributed by atoms with E-state index in [1.807, 2.05) is 0 Å². The molecule has 0 bridgehead atoms. The average Bonchev–Trinajstić information content (AvgIpc) is 2.73. The molecule has 0 aromatic rings. The number of carbonyl (C=O) groups excluding carboxylic acids is 1. The molecule has 0 aromatic heterocycles. The number of carbonyl (C=O) groups is 2. The van der Waals surface area contributed by atoms with E-state index in [9.17, 15) is 14.7 Å². The maximum absolute atomic E-state index is 12.1. The molecule has 1 aliphatic rings. The molecule has 110 valence electrons. The van der Waals surface area contributed by atoms with Crippen molar-refractivity contribution in [3.63, 3.8) is 0 Å². The Kier molecular flexibility index (Phi) is 5.20. The topological polar surface area (TPSA) is 69.6 Å². The minimum absolute atomic E-state index is 0.283. The molecule has 1 saturated carbocycles. The average molecular weight is 270 g/mol. The number of hydrogen-bond acceptors (Lipinski definition) is 2. The molecular weight excluding hydrogens is 244 g/mol. The molecule has 2 amide bonds. The van der Waals surface area contributed by atoms with Crippen molar-refractivity contribution in [1.29, 1.82) is 0 Å². The number of aliphatic carboxylic acids is 1.